The van der Waals surface area contributed by atoms with Gasteiger partial charge in [-0.25, -0.2) is 0 Å². The Morgan fingerprint density at radius 1 is 1.36 bits per heavy atom. The van der Waals surface area contributed by atoms with Gasteiger partial charge in [0, 0.05) is 29.6 Å². The first-order valence-electron chi connectivity index (χ1n) is 7.26. The molecule has 1 unspecified atom stereocenters. The van der Waals surface area contributed by atoms with Gasteiger partial charge in [0.2, 0.25) is 5.43 Å². The molecular formula is C16H15N3O3. The molecule has 1 atom stereocenters. The van der Waals surface area contributed by atoms with Gasteiger partial charge in [-0.2, -0.15) is 4.98 Å². The fourth-order valence-corrected chi connectivity index (χ4v) is 2.74. The molecule has 3 heterocycles. The molecule has 6 heteroatoms. The van der Waals surface area contributed by atoms with E-state index in [-0.39, 0.29) is 17.2 Å². The predicted molar refractivity (Wildman–Crippen MR) is 80.8 cm³/mol. The lowest BCUT2D eigenvalue weighted by atomic mass is 10.1. The van der Waals surface area contributed by atoms with Gasteiger partial charge in [-0.05, 0) is 25.5 Å². The lowest BCUT2D eigenvalue weighted by Crippen LogP contribution is -2.07. The van der Waals surface area contributed by atoms with Gasteiger partial charge < -0.3 is 14.2 Å². The third-order valence-electron chi connectivity index (χ3n) is 4.00. The predicted octanol–water partition coefficient (Wildman–Crippen LogP) is 2.39. The molecule has 4 rings (SSSR count). The minimum atomic E-state index is -0.102. The van der Waals surface area contributed by atoms with Crippen molar-refractivity contribution in [2.75, 3.05) is 13.2 Å². The van der Waals surface area contributed by atoms with Crippen molar-refractivity contribution in [2.45, 2.75) is 19.3 Å². The van der Waals surface area contributed by atoms with Crippen LogP contribution in [-0.4, -0.2) is 28.3 Å². The number of pyridine rings is 1. The summed E-state index contributed by atoms with van der Waals surface area (Å²) >= 11 is 0. The van der Waals surface area contributed by atoms with E-state index < -0.39 is 0 Å². The molecular weight excluding hydrogens is 282 g/mol. The fraction of sp³-hybridized carbons (Fsp3) is 0.312. The zero-order valence-corrected chi connectivity index (χ0v) is 12.1. The van der Waals surface area contributed by atoms with Crippen LogP contribution in [0.25, 0.3) is 22.4 Å². The lowest BCUT2D eigenvalue weighted by molar-refractivity contribution is 0.192. The SMILES string of the molecule is Cc1ccc2[nH]cc(-c3nc(C4CCOC4)no3)c(=O)c2c1. The molecule has 1 saturated heterocycles. The zero-order chi connectivity index (χ0) is 15.1. The first-order chi connectivity index (χ1) is 10.7. The maximum absolute atomic E-state index is 12.6. The number of fused-ring (bicyclic) bond motifs is 1. The van der Waals surface area contributed by atoms with E-state index in [1.165, 1.54) is 0 Å². The first-order valence-corrected chi connectivity index (χ1v) is 7.26. The second kappa shape index (κ2) is 5.06. The Labute approximate surface area is 126 Å². The maximum atomic E-state index is 12.6. The number of aromatic nitrogens is 3. The largest absolute Gasteiger partial charge is 0.381 e. The van der Waals surface area contributed by atoms with E-state index in [0.29, 0.717) is 30.0 Å². The monoisotopic (exact) mass is 297 g/mol. The van der Waals surface area contributed by atoms with Crippen LogP contribution in [0.5, 0.6) is 0 Å². The molecule has 2 aromatic heterocycles. The molecule has 1 aliphatic heterocycles. The standard InChI is InChI=1S/C16H15N3O3/c1-9-2-3-13-11(6-9)14(20)12(7-17-13)16-18-15(19-22-16)10-4-5-21-8-10/h2-3,6-7,10H,4-5,8H2,1H3,(H,17,20). The molecule has 6 nitrogen and oxygen atoms in total. The number of H-pyrrole nitrogens is 1. The molecule has 1 aromatic carbocycles. The number of rotatable bonds is 2. The summed E-state index contributed by atoms with van der Waals surface area (Å²) in [5.74, 6) is 1.02. The Morgan fingerprint density at radius 3 is 3.09 bits per heavy atom. The van der Waals surface area contributed by atoms with Crippen molar-refractivity contribution in [1.29, 1.82) is 0 Å². The van der Waals surface area contributed by atoms with Crippen molar-refractivity contribution >= 4 is 10.9 Å². The summed E-state index contributed by atoms with van der Waals surface area (Å²) < 4.78 is 10.6. The zero-order valence-electron chi connectivity index (χ0n) is 12.1. The first kappa shape index (κ1) is 13.2. The average Bonchev–Trinajstić information content (AvgIpc) is 3.19. The number of nitrogens with zero attached hydrogens (tertiary/aromatic N) is 2. The van der Waals surface area contributed by atoms with Crippen LogP contribution in [0.3, 0.4) is 0 Å². The Balaban J connectivity index is 1.80. The molecule has 1 fully saturated rings. The molecule has 0 aliphatic carbocycles. The van der Waals surface area contributed by atoms with E-state index in [0.717, 1.165) is 17.5 Å². The van der Waals surface area contributed by atoms with Gasteiger partial charge in [0.1, 0.15) is 5.56 Å². The maximum Gasteiger partial charge on any atom is 0.263 e. The van der Waals surface area contributed by atoms with E-state index in [9.17, 15) is 4.79 Å². The van der Waals surface area contributed by atoms with Crippen LogP contribution in [0.2, 0.25) is 0 Å². The number of hydrogen-bond acceptors (Lipinski definition) is 5. The van der Waals surface area contributed by atoms with Gasteiger partial charge in [-0.15, -0.1) is 0 Å². The summed E-state index contributed by atoms with van der Waals surface area (Å²) in [7, 11) is 0. The quantitative estimate of drug-likeness (QED) is 0.785. The summed E-state index contributed by atoms with van der Waals surface area (Å²) in [4.78, 5) is 20.1. The summed E-state index contributed by atoms with van der Waals surface area (Å²) in [6, 6.07) is 5.72. The molecule has 0 bridgehead atoms. The van der Waals surface area contributed by atoms with Crippen molar-refractivity contribution in [3.8, 4) is 11.5 Å². The summed E-state index contributed by atoms with van der Waals surface area (Å²) in [5, 5.41) is 4.62. The van der Waals surface area contributed by atoms with Gasteiger partial charge in [0.05, 0.1) is 6.61 Å². The van der Waals surface area contributed by atoms with Gasteiger partial charge >= 0.3 is 0 Å². The van der Waals surface area contributed by atoms with Crippen molar-refractivity contribution < 1.29 is 9.26 Å². The van der Waals surface area contributed by atoms with Crippen LogP contribution in [0.4, 0.5) is 0 Å². The van der Waals surface area contributed by atoms with Crippen molar-refractivity contribution in [3.05, 3.63) is 46.0 Å². The Bertz CT molecular complexity index is 891. The molecule has 3 aromatic rings. The summed E-state index contributed by atoms with van der Waals surface area (Å²) in [6.07, 6.45) is 2.51. The van der Waals surface area contributed by atoms with Gasteiger partial charge in [0.15, 0.2) is 5.82 Å². The second-order valence-electron chi connectivity index (χ2n) is 5.60. The van der Waals surface area contributed by atoms with E-state index in [1.54, 1.807) is 6.20 Å². The van der Waals surface area contributed by atoms with E-state index in [1.807, 2.05) is 25.1 Å². The molecule has 112 valence electrons. The molecule has 1 N–H and O–H groups in total. The number of benzene rings is 1. The molecule has 0 radical (unpaired) electrons. The third-order valence-corrected chi connectivity index (χ3v) is 4.00. The van der Waals surface area contributed by atoms with Crippen LogP contribution in [0.15, 0.2) is 33.7 Å². The highest BCUT2D eigenvalue weighted by molar-refractivity contribution is 5.82. The van der Waals surface area contributed by atoms with Crippen LogP contribution in [0.1, 0.15) is 23.7 Å². The van der Waals surface area contributed by atoms with Crippen LogP contribution < -0.4 is 5.43 Å². The van der Waals surface area contributed by atoms with Gasteiger partial charge in [-0.1, -0.05) is 16.8 Å². The Morgan fingerprint density at radius 2 is 2.27 bits per heavy atom. The number of aryl methyl sites for hydroxylation is 1. The summed E-state index contributed by atoms with van der Waals surface area (Å²) in [5.41, 5.74) is 2.12. The molecule has 0 amide bonds. The molecule has 22 heavy (non-hydrogen) atoms. The average molecular weight is 297 g/mol. The topological polar surface area (TPSA) is 81.0 Å². The minimum absolute atomic E-state index is 0.102. The van der Waals surface area contributed by atoms with Crippen molar-refractivity contribution in [2.24, 2.45) is 0 Å². The van der Waals surface area contributed by atoms with Crippen molar-refractivity contribution in [1.82, 2.24) is 15.1 Å². The van der Waals surface area contributed by atoms with E-state index in [4.69, 9.17) is 9.26 Å². The number of hydrogen-bond donors (Lipinski definition) is 1. The highest BCUT2D eigenvalue weighted by Crippen LogP contribution is 2.25. The Kier molecular flexibility index (Phi) is 3.04. The number of aromatic amines is 1. The fourth-order valence-electron chi connectivity index (χ4n) is 2.74. The van der Waals surface area contributed by atoms with Crippen LogP contribution in [0, 0.1) is 6.92 Å². The Hall–Kier alpha value is -2.47. The highest BCUT2D eigenvalue weighted by atomic mass is 16.5. The lowest BCUT2D eigenvalue weighted by Gasteiger charge is -2.01. The van der Waals surface area contributed by atoms with Crippen LogP contribution in [-0.2, 0) is 4.74 Å². The van der Waals surface area contributed by atoms with Gasteiger partial charge in [-0.3, -0.25) is 4.79 Å². The summed E-state index contributed by atoms with van der Waals surface area (Å²) in [6.45, 7) is 3.27. The van der Waals surface area contributed by atoms with E-state index >= 15 is 0 Å². The second-order valence-corrected chi connectivity index (χ2v) is 5.60. The molecule has 0 saturated carbocycles. The molecule has 0 spiro atoms. The number of ether oxygens (including phenoxy) is 1. The minimum Gasteiger partial charge on any atom is -0.381 e. The number of nitrogens with one attached hydrogen (secondary N) is 1. The normalized spacial score (nSPS) is 18.1. The third kappa shape index (κ3) is 2.12. The van der Waals surface area contributed by atoms with Crippen molar-refractivity contribution in [3.63, 3.8) is 0 Å². The highest BCUT2D eigenvalue weighted by Gasteiger charge is 2.24. The van der Waals surface area contributed by atoms with E-state index in [2.05, 4.69) is 15.1 Å². The van der Waals surface area contributed by atoms with Gasteiger partial charge in [0.25, 0.3) is 5.89 Å². The molecule has 1 aliphatic rings. The smallest absolute Gasteiger partial charge is 0.263 e. The van der Waals surface area contributed by atoms with Crippen LogP contribution >= 0.6 is 0 Å².